The first-order valence-corrected chi connectivity index (χ1v) is 46.6. The zero-order chi connectivity index (χ0) is 80.8. The molecule has 6 aliphatic carbocycles. The van der Waals surface area contributed by atoms with Crippen LogP contribution in [0.25, 0.3) is 45.3 Å². The molecule has 0 bridgehead atoms. The molecule has 1 unspecified atom stereocenters. The lowest BCUT2D eigenvalue weighted by atomic mass is 9.95. The Morgan fingerprint density at radius 3 is 1.17 bits per heavy atom. The fraction of sp³-hybridized carbons (Fsp3) is 0.531. The molecule has 0 radical (unpaired) electrons. The maximum absolute atomic E-state index is 5.23. The largest absolute Gasteiger partial charge is 0.370 e. The Hall–Kier alpha value is -9.50. The molecular weight excluding hydrogens is 1470 g/mol. The minimum Gasteiger partial charge on any atom is -0.370 e. The number of nitrogens with one attached hydrogen (secondary N) is 6. The predicted molar refractivity (Wildman–Crippen MR) is 488 cm³/mol. The van der Waals surface area contributed by atoms with Crippen molar-refractivity contribution in [1.82, 2.24) is 61.5 Å². The molecule has 624 valence electrons. The number of aromatic nitrogens is 13. The highest BCUT2D eigenvalue weighted by Gasteiger charge is 2.32. The Kier molecular flexibility index (Phi) is 30.0. The van der Waals surface area contributed by atoms with Crippen LogP contribution in [-0.4, -0.2) is 110 Å². The van der Waals surface area contributed by atoms with Crippen molar-refractivity contribution in [2.24, 2.45) is 0 Å². The zero-order valence-corrected chi connectivity index (χ0v) is 72.4. The molecule has 19 rings (SSSR count). The van der Waals surface area contributed by atoms with Crippen LogP contribution in [0.1, 0.15) is 299 Å². The van der Waals surface area contributed by atoms with Crippen LogP contribution in [0, 0.1) is 6.92 Å². The number of aryl methyl sites for hydroxylation is 2. The fourth-order valence-electron chi connectivity index (χ4n) is 17.6. The van der Waals surface area contributed by atoms with Crippen molar-refractivity contribution in [3.63, 3.8) is 0 Å². The van der Waals surface area contributed by atoms with Crippen LogP contribution in [0.5, 0.6) is 0 Å². The number of fused-ring (bicyclic) bond motifs is 6. The quantitative estimate of drug-likeness (QED) is 0.0330. The molecular formula is C96H133N19OS. The lowest BCUT2D eigenvalue weighted by molar-refractivity contribution is 0.399. The summed E-state index contributed by atoms with van der Waals surface area (Å²) < 4.78 is 18.3. The van der Waals surface area contributed by atoms with Crippen LogP contribution in [0.2, 0.25) is 0 Å². The molecule has 13 aromatic rings. The van der Waals surface area contributed by atoms with Gasteiger partial charge >= 0.3 is 0 Å². The maximum Gasteiger partial charge on any atom is 0.140 e. The molecule has 0 amide bonds. The first kappa shape index (κ1) is 84.0. The molecule has 0 saturated heterocycles. The van der Waals surface area contributed by atoms with E-state index in [0.29, 0.717) is 53.9 Å². The van der Waals surface area contributed by atoms with Gasteiger partial charge in [-0.3, -0.25) is 26.4 Å². The second kappa shape index (κ2) is 41.7. The van der Waals surface area contributed by atoms with E-state index in [1.54, 1.807) is 0 Å². The van der Waals surface area contributed by atoms with Gasteiger partial charge in [-0.15, -0.1) is 0 Å². The number of rotatable bonds is 23. The minimum atomic E-state index is 0.444. The number of nitrogens with zero attached hydrogens (tertiary/aromatic N) is 13. The van der Waals surface area contributed by atoms with Gasteiger partial charge < -0.3 is 36.4 Å². The second-order valence-corrected chi connectivity index (χ2v) is 35.3. The van der Waals surface area contributed by atoms with E-state index in [0.717, 1.165) is 93.5 Å². The molecule has 6 saturated carbocycles. The van der Waals surface area contributed by atoms with Gasteiger partial charge in [0.2, 0.25) is 0 Å². The summed E-state index contributed by atoms with van der Waals surface area (Å²) in [5.41, 5.74) is 14.0. The van der Waals surface area contributed by atoms with E-state index in [9.17, 15) is 0 Å². The van der Waals surface area contributed by atoms with Gasteiger partial charge in [0.15, 0.2) is 0 Å². The summed E-state index contributed by atoms with van der Waals surface area (Å²) in [6.45, 7) is 18.4. The van der Waals surface area contributed by atoms with Crippen molar-refractivity contribution in [3.8, 4) is 11.4 Å². The van der Waals surface area contributed by atoms with Crippen molar-refractivity contribution in [2.45, 2.75) is 308 Å². The fourth-order valence-corrected chi connectivity index (χ4v) is 18.0. The van der Waals surface area contributed by atoms with Crippen molar-refractivity contribution in [2.75, 3.05) is 50.5 Å². The van der Waals surface area contributed by atoms with Crippen molar-refractivity contribution >= 4 is 80.6 Å². The summed E-state index contributed by atoms with van der Waals surface area (Å²) in [6.07, 6.45) is 55.1. The number of hydrogen-bond donors (Lipinski definition) is 6. The van der Waals surface area contributed by atoms with Crippen LogP contribution < -0.4 is 31.9 Å². The van der Waals surface area contributed by atoms with Gasteiger partial charge in [-0.1, -0.05) is 193 Å². The standard InChI is InChI=1S/C17H20N4O.C17H25N3.C16H23N3S.C16H21N3.C16H23N3.C14H21N3/c1-12-11-14(20-22-12)16-17(18-13-7-3-2-4-8-13)21-10-6-5-9-15(21)19-16;1-3-13(2)16-17(18-14-9-5-4-6-10-14)20-12-8-7-11-15(20)19-16;1-20-12-10-14-16(17-13-7-3-2-4-8-13)19-11-6-5-9-15(19)18-14;1-2-6-13(7-3-1)17-16-15(12-9-10-12)18-14-8-4-5-11-19(14)16;1-12(2)15-16(17-13-8-4-3-5-9-13)19-11-7-6-10-14(19)18-15;1-4-5-9-15-14-13(11(2)3)16-12-8-6-7-10-17(12)14/h5-6,9-11,13,18H,2-4,7-8H2,1H3;7-8,11-14,18H,3-6,9-10H2,1-2H3;5-6,9,11,13,17H,2-4,7-8,10,12H2,1H3;4-5,8,11-13,17H,1-3,6-7,9-10H2;6-7,10-13,17H,3-5,8-9H2,1-2H3;6-8,10-11,15H,4-5,9H2,1-3H3. The number of imidazole rings is 6. The van der Waals surface area contributed by atoms with E-state index < -0.39 is 0 Å². The van der Waals surface area contributed by atoms with Gasteiger partial charge in [0.05, 0.1) is 28.5 Å². The molecule has 0 aliphatic heterocycles. The first-order chi connectivity index (χ1) is 57.4. The van der Waals surface area contributed by atoms with E-state index in [4.69, 9.17) is 34.4 Å². The molecule has 13 aromatic heterocycles. The SMILES string of the molecule is CC(C)c1nc2ccccn2c1NC1CCCCC1.CCC(C)c1nc2ccccn2c1NC1CCCCC1.CCCCNc1c(C(C)C)nc2ccccn12.CSCCc1nc2ccccn2c1NC1CCCCC1.Cc1cc(-c2nc3ccccn3c2NC2CCCCC2)no1.c1ccn2c(NC3CCCCC3)c(C3CC3)nc2c1. The number of hydrogen-bond acceptors (Lipinski definition) is 15. The Balaban J connectivity index is 0.000000116. The monoisotopic (exact) mass is 1600 g/mol. The lowest BCUT2D eigenvalue weighted by Crippen LogP contribution is -2.23. The predicted octanol–water partition coefficient (Wildman–Crippen LogP) is 24.4. The normalized spacial score (nSPS) is 16.8. The van der Waals surface area contributed by atoms with Crippen LogP contribution in [0.3, 0.4) is 0 Å². The molecule has 13 heterocycles. The molecule has 6 N–H and O–H groups in total. The third-order valence-corrected chi connectivity index (χ3v) is 25.1. The Bertz CT molecular complexity index is 5080. The molecule has 0 aromatic carbocycles. The number of anilines is 6. The summed E-state index contributed by atoms with van der Waals surface area (Å²) in [6, 6.07) is 42.1. The topological polar surface area (TPSA) is 202 Å². The van der Waals surface area contributed by atoms with Gasteiger partial charge in [-0.2, -0.15) is 11.8 Å². The highest BCUT2D eigenvalue weighted by molar-refractivity contribution is 7.98. The Morgan fingerprint density at radius 2 is 0.761 bits per heavy atom. The number of unbranched alkanes of at least 4 members (excludes halogenated alkanes) is 1. The smallest absolute Gasteiger partial charge is 0.140 e. The van der Waals surface area contributed by atoms with E-state index in [2.05, 4.69) is 228 Å². The van der Waals surface area contributed by atoms with Crippen molar-refractivity contribution in [3.05, 3.63) is 187 Å². The van der Waals surface area contributed by atoms with Gasteiger partial charge in [-0.25, -0.2) is 29.9 Å². The second-order valence-electron chi connectivity index (χ2n) is 34.3. The highest BCUT2D eigenvalue weighted by atomic mass is 32.2. The van der Waals surface area contributed by atoms with Gasteiger partial charge in [0.25, 0.3) is 0 Å². The first-order valence-electron chi connectivity index (χ1n) is 45.2. The maximum atomic E-state index is 5.23. The Morgan fingerprint density at radius 1 is 0.402 bits per heavy atom. The van der Waals surface area contributed by atoms with Crippen LogP contribution in [0.4, 0.5) is 34.9 Å². The number of pyridine rings is 6. The average molecular weight is 1600 g/mol. The number of thioether (sulfide) groups is 1. The van der Waals surface area contributed by atoms with E-state index in [1.807, 2.05) is 61.3 Å². The summed E-state index contributed by atoms with van der Waals surface area (Å²) >= 11 is 1.88. The molecule has 21 heteroatoms. The molecule has 1 atom stereocenters. The van der Waals surface area contributed by atoms with E-state index in [1.165, 1.54) is 232 Å². The van der Waals surface area contributed by atoms with Gasteiger partial charge in [0, 0.05) is 98.3 Å². The molecule has 20 nitrogen and oxygen atoms in total. The third-order valence-electron chi connectivity index (χ3n) is 24.5. The molecule has 0 spiro atoms. The summed E-state index contributed by atoms with van der Waals surface area (Å²) in [5, 5.41) is 26.5. The Labute approximate surface area is 699 Å². The summed E-state index contributed by atoms with van der Waals surface area (Å²) in [5.74, 6) is 11.1. The minimum absolute atomic E-state index is 0.444. The highest BCUT2D eigenvalue weighted by Crippen LogP contribution is 2.44. The van der Waals surface area contributed by atoms with Crippen molar-refractivity contribution < 1.29 is 4.52 Å². The van der Waals surface area contributed by atoms with Crippen LogP contribution in [-0.2, 0) is 6.42 Å². The lowest BCUT2D eigenvalue weighted by Gasteiger charge is -2.24. The van der Waals surface area contributed by atoms with Crippen molar-refractivity contribution in [1.29, 1.82) is 0 Å². The molecule has 6 aliphatic rings. The third kappa shape index (κ3) is 21.7. The molecule has 117 heavy (non-hydrogen) atoms. The zero-order valence-electron chi connectivity index (χ0n) is 71.6. The van der Waals surface area contributed by atoms with Gasteiger partial charge in [-0.05, 0) is 193 Å². The average Bonchev–Trinajstić information content (AvgIpc) is 1.61. The van der Waals surface area contributed by atoms with Crippen LogP contribution in [0.15, 0.2) is 157 Å². The van der Waals surface area contributed by atoms with Gasteiger partial charge in [0.1, 0.15) is 85.9 Å². The summed E-state index contributed by atoms with van der Waals surface area (Å²) in [4.78, 5) is 28.7. The summed E-state index contributed by atoms with van der Waals surface area (Å²) in [7, 11) is 0. The van der Waals surface area contributed by atoms with E-state index >= 15 is 0 Å². The van der Waals surface area contributed by atoms with Crippen LogP contribution >= 0.6 is 11.8 Å². The molecule has 6 fully saturated rings. The van der Waals surface area contributed by atoms with E-state index in [-0.39, 0.29) is 0 Å².